The van der Waals surface area contributed by atoms with E-state index in [-0.39, 0.29) is 6.42 Å². The smallest absolute Gasteiger partial charge is 0.349 e. The molecule has 1 aliphatic carbocycles. The normalized spacial score (nSPS) is 30.5. The molecule has 2 nitrogen and oxygen atoms in total. The number of hydrogen-bond acceptors (Lipinski definition) is 1. The first-order valence-corrected chi connectivity index (χ1v) is 4.20. The van der Waals surface area contributed by atoms with E-state index in [1.165, 1.54) is 0 Å². The number of amides is 1. The molecule has 0 radical (unpaired) electrons. The highest BCUT2D eigenvalue weighted by Crippen LogP contribution is 2.47. The first kappa shape index (κ1) is 10.4. The largest absolute Gasteiger partial charge is 0.457 e. The zero-order valence-electron chi connectivity index (χ0n) is 7.24. The van der Waals surface area contributed by atoms with Gasteiger partial charge in [0.1, 0.15) is 0 Å². The number of rotatable bonds is 1. The number of hydrogen-bond donors (Lipinski definition) is 1. The van der Waals surface area contributed by atoms with Gasteiger partial charge in [0, 0.05) is 5.57 Å². The van der Waals surface area contributed by atoms with E-state index >= 15 is 0 Å². The van der Waals surface area contributed by atoms with Gasteiger partial charge in [0.15, 0.2) is 0 Å². The summed E-state index contributed by atoms with van der Waals surface area (Å²) in [7, 11) is 0. The van der Waals surface area contributed by atoms with E-state index < -0.39 is 35.5 Å². The maximum atomic E-state index is 12.9. The molecule has 0 spiro atoms. The SMILES string of the molecule is O=C1N[C@H]2C[C@@H]1C=C2C(F)(F)C(F)(F)F. The van der Waals surface area contributed by atoms with Crippen molar-refractivity contribution in [2.45, 2.75) is 24.6 Å². The van der Waals surface area contributed by atoms with E-state index in [0.29, 0.717) is 0 Å². The van der Waals surface area contributed by atoms with Gasteiger partial charge in [-0.2, -0.15) is 22.0 Å². The van der Waals surface area contributed by atoms with Crippen LogP contribution >= 0.6 is 0 Å². The lowest BCUT2D eigenvalue weighted by Gasteiger charge is -2.25. The summed E-state index contributed by atoms with van der Waals surface area (Å²) in [4.78, 5) is 10.9. The molecular weight excluding hydrogens is 221 g/mol. The van der Waals surface area contributed by atoms with Crippen LogP contribution < -0.4 is 5.32 Å². The van der Waals surface area contributed by atoms with Crippen LogP contribution in [0.15, 0.2) is 11.6 Å². The number of fused-ring (bicyclic) bond motifs is 2. The van der Waals surface area contributed by atoms with Crippen LogP contribution in [0.25, 0.3) is 0 Å². The van der Waals surface area contributed by atoms with Crippen molar-refractivity contribution in [3.05, 3.63) is 11.6 Å². The van der Waals surface area contributed by atoms with Crippen molar-refractivity contribution in [1.82, 2.24) is 5.32 Å². The minimum atomic E-state index is -5.60. The van der Waals surface area contributed by atoms with Crippen LogP contribution in [0.1, 0.15) is 6.42 Å². The average molecular weight is 227 g/mol. The van der Waals surface area contributed by atoms with E-state index in [0.717, 1.165) is 6.08 Å². The molecule has 1 amide bonds. The molecule has 1 N–H and O–H groups in total. The Morgan fingerprint density at radius 1 is 1.27 bits per heavy atom. The number of carbonyl (C=O) groups is 1. The molecule has 0 saturated carbocycles. The zero-order valence-corrected chi connectivity index (χ0v) is 7.24. The summed E-state index contributed by atoms with van der Waals surface area (Å²) in [6.07, 6.45) is -4.87. The standard InChI is InChI=1S/C8H6F5NO/c9-7(10,8(11,12)13)4-1-3-2-5(4)14-6(3)15/h1,3,5H,2H2,(H,14,15)/t3-,5-/m0/s1. The highest BCUT2D eigenvalue weighted by atomic mass is 19.4. The molecule has 7 heteroatoms. The molecule has 0 unspecified atom stereocenters. The number of carbonyl (C=O) groups excluding carboxylic acids is 1. The van der Waals surface area contributed by atoms with Gasteiger partial charge in [0.25, 0.3) is 0 Å². The fourth-order valence-corrected chi connectivity index (χ4v) is 1.87. The van der Waals surface area contributed by atoms with Crippen molar-refractivity contribution < 1.29 is 26.7 Å². The predicted octanol–water partition coefficient (Wildman–Crippen LogP) is 1.63. The molecular formula is C8H6F5NO. The highest BCUT2D eigenvalue weighted by molar-refractivity contribution is 5.86. The molecule has 1 fully saturated rings. The van der Waals surface area contributed by atoms with Crippen LogP contribution in [-0.2, 0) is 4.79 Å². The Balaban J connectivity index is 2.32. The summed E-state index contributed by atoms with van der Waals surface area (Å²) in [6.45, 7) is 0. The molecule has 1 aliphatic heterocycles. The van der Waals surface area contributed by atoms with Crippen LogP contribution in [-0.4, -0.2) is 24.0 Å². The van der Waals surface area contributed by atoms with Crippen molar-refractivity contribution >= 4 is 5.91 Å². The highest BCUT2D eigenvalue weighted by Gasteiger charge is 2.63. The van der Waals surface area contributed by atoms with E-state index in [1.54, 1.807) is 0 Å². The molecule has 0 aromatic carbocycles. The van der Waals surface area contributed by atoms with Gasteiger partial charge in [-0.05, 0) is 6.42 Å². The molecule has 0 aromatic rings. The monoisotopic (exact) mass is 227 g/mol. The van der Waals surface area contributed by atoms with E-state index in [2.05, 4.69) is 5.32 Å². The molecule has 2 atom stereocenters. The molecule has 2 rings (SSSR count). The summed E-state index contributed by atoms with van der Waals surface area (Å²) in [6, 6.07) is -1.17. The zero-order chi connectivity index (χ0) is 11.4. The lowest BCUT2D eigenvalue weighted by Crippen LogP contribution is -2.45. The lowest BCUT2D eigenvalue weighted by atomic mass is 10.0. The molecule has 0 aromatic heterocycles. The Labute approximate surface area is 81.1 Å². The van der Waals surface area contributed by atoms with E-state index in [1.807, 2.05) is 0 Å². The third kappa shape index (κ3) is 1.32. The van der Waals surface area contributed by atoms with E-state index in [9.17, 15) is 26.7 Å². The number of nitrogens with one attached hydrogen (secondary N) is 1. The van der Waals surface area contributed by atoms with Gasteiger partial charge in [-0.3, -0.25) is 4.79 Å². The second-order valence-corrected chi connectivity index (χ2v) is 3.60. The third-order valence-corrected chi connectivity index (χ3v) is 2.62. The van der Waals surface area contributed by atoms with Gasteiger partial charge in [0.05, 0.1) is 12.0 Å². The van der Waals surface area contributed by atoms with Gasteiger partial charge in [-0.15, -0.1) is 0 Å². The van der Waals surface area contributed by atoms with Gasteiger partial charge in [-0.25, -0.2) is 0 Å². The summed E-state index contributed by atoms with van der Waals surface area (Å²) in [5.41, 5.74) is -1.03. The molecule has 15 heavy (non-hydrogen) atoms. The van der Waals surface area contributed by atoms with Crippen molar-refractivity contribution in [2.24, 2.45) is 5.92 Å². The fourth-order valence-electron chi connectivity index (χ4n) is 1.87. The molecule has 84 valence electrons. The second kappa shape index (κ2) is 2.70. The van der Waals surface area contributed by atoms with Crippen LogP contribution in [0.4, 0.5) is 22.0 Å². The van der Waals surface area contributed by atoms with Crippen LogP contribution in [0.2, 0.25) is 0 Å². The lowest BCUT2D eigenvalue weighted by molar-refractivity contribution is -0.265. The first-order chi connectivity index (χ1) is 6.73. The quantitative estimate of drug-likeness (QED) is 0.535. The van der Waals surface area contributed by atoms with Gasteiger partial charge in [0.2, 0.25) is 5.91 Å². The van der Waals surface area contributed by atoms with Crippen molar-refractivity contribution in [3.63, 3.8) is 0 Å². The summed E-state index contributed by atoms with van der Waals surface area (Å²) >= 11 is 0. The number of halogens is 5. The average Bonchev–Trinajstić information content (AvgIpc) is 2.59. The number of alkyl halides is 5. The van der Waals surface area contributed by atoms with Crippen LogP contribution in [0.3, 0.4) is 0 Å². The maximum absolute atomic E-state index is 12.9. The Bertz CT molecular complexity index is 345. The topological polar surface area (TPSA) is 29.1 Å². The van der Waals surface area contributed by atoms with Gasteiger partial charge < -0.3 is 5.32 Å². The maximum Gasteiger partial charge on any atom is 0.457 e. The molecule has 2 aliphatic rings. The predicted molar refractivity (Wildman–Crippen MR) is 39.1 cm³/mol. The molecule has 2 bridgehead atoms. The minimum Gasteiger partial charge on any atom is -0.349 e. The third-order valence-electron chi connectivity index (χ3n) is 2.62. The molecule has 1 saturated heterocycles. The summed E-state index contributed by atoms with van der Waals surface area (Å²) in [5, 5.41) is 2.09. The van der Waals surface area contributed by atoms with Crippen molar-refractivity contribution in [3.8, 4) is 0 Å². The van der Waals surface area contributed by atoms with Crippen molar-refractivity contribution in [1.29, 1.82) is 0 Å². The first-order valence-electron chi connectivity index (χ1n) is 4.20. The Kier molecular flexibility index (Phi) is 1.87. The Morgan fingerprint density at radius 3 is 2.20 bits per heavy atom. The van der Waals surface area contributed by atoms with Gasteiger partial charge in [-0.1, -0.05) is 6.08 Å². The second-order valence-electron chi connectivity index (χ2n) is 3.60. The van der Waals surface area contributed by atoms with Crippen LogP contribution in [0.5, 0.6) is 0 Å². The molecule has 1 heterocycles. The van der Waals surface area contributed by atoms with Crippen LogP contribution in [0, 0.1) is 5.92 Å². The fraction of sp³-hybridized carbons (Fsp3) is 0.625. The Hall–Kier alpha value is -1.14. The van der Waals surface area contributed by atoms with E-state index in [4.69, 9.17) is 0 Å². The van der Waals surface area contributed by atoms with Crippen molar-refractivity contribution in [2.75, 3.05) is 0 Å². The summed E-state index contributed by atoms with van der Waals surface area (Å²) < 4.78 is 61.8. The Morgan fingerprint density at radius 2 is 1.87 bits per heavy atom. The minimum absolute atomic E-state index is 0.000162. The summed E-state index contributed by atoms with van der Waals surface area (Å²) in [5.74, 6) is -6.17. The van der Waals surface area contributed by atoms with Gasteiger partial charge >= 0.3 is 12.1 Å².